The fourth-order valence-electron chi connectivity index (χ4n) is 2.50. The quantitative estimate of drug-likeness (QED) is 0.877. The molecule has 0 spiro atoms. The van der Waals surface area contributed by atoms with Gasteiger partial charge in [0.2, 0.25) is 0 Å². The van der Waals surface area contributed by atoms with E-state index in [-0.39, 0.29) is 6.04 Å². The standard InChI is InChI=1S/C14H16N2O/c1-10(13-5-3-9-17-13)16-12-7-6-11-4-2-8-15-14(11)12/h2-5,8-10,12,16H,6-7H2,1H3/t10-,12?/m1/s1. The molecule has 2 heterocycles. The maximum Gasteiger partial charge on any atom is 0.120 e. The van der Waals surface area contributed by atoms with Gasteiger partial charge < -0.3 is 4.42 Å². The third-order valence-corrected chi connectivity index (χ3v) is 3.38. The first-order valence-corrected chi connectivity index (χ1v) is 6.08. The van der Waals surface area contributed by atoms with Gasteiger partial charge in [-0.15, -0.1) is 0 Å². The molecule has 3 nitrogen and oxygen atoms in total. The van der Waals surface area contributed by atoms with Crippen molar-refractivity contribution in [3.63, 3.8) is 0 Å². The molecule has 0 aromatic carbocycles. The number of aromatic nitrogens is 1. The first-order valence-electron chi connectivity index (χ1n) is 6.08. The number of furan rings is 1. The van der Waals surface area contributed by atoms with Gasteiger partial charge in [-0.2, -0.15) is 0 Å². The number of nitrogens with one attached hydrogen (secondary N) is 1. The average Bonchev–Trinajstić information content (AvgIpc) is 2.98. The van der Waals surface area contributed by atoms with Gasteiger partial charge in [0.1, 0.15) is 5.76 Å². The number of nitrogens with zero attached hydrogens (tertiary/aromatic N) is 1. The molecule has 2 aromatic rings. The first-order chi connectivity index (χ1) is 8.34. The number of pyridine rings is 1. The largest absolute Gasteiger partial charge is 0.468 e. The lowest BCUT2D eigenvalue weighted by molar-refractivity contribution is 0.388. The molecule has 2 atom stereocenters. The predicted molar refractivity (Wildman–Crippen MR) is 65.6 cm³/mol. The van der Waals surface area contributed by atoms with Crippen LogP contribution in [0.15, 0.2) is 41.1 Å². The summed E-state index contributed by atoms with van der Waals surface area (Å²) in [6.45, 7) is 2.12. The van der Waals surface area contributed by atoms with Gasteiger partial charge >= 0.3 is 0 Å². The third-order valence-electron chi connectivity index (χ3n) is 3.38. The van der Waals surface area contributed by atoms with Crippen LogP contribution in [-0.4, -0.2) is 4.98 Å². The second-order valence-corrected chi connectivity index (χ2v) is 4.54. The Labute approximate surface area is 101 Å². The van der Waals surface area contributed by atoms with Crippen molar-refractivity contribution in [2.24, 2.45) is 0 Å². The molecule has 2 aromatic heterocycles. The highest BCUT2D eigenvalue weighted by Gasteiger charge is 2.25. The van der Waals surface area contributed by atoms with Crippen LogP contribution in [0.25, 0.3) is 0 Å². The summed E-state index contributed by atoms with van der Waals surface area (Å²) < 4.78 is 5.41. The normalized spacial score (nSPS) is 20.2. The average molecular weight is 228 g/mol. The number of aryl methyl sites for hydroxylation is 1. The van der Waals surface area contributed by atoms with Crippen LogP contribution in [0.4, 0.5) is 0 Å². The summed E-state index contributed by atoms with van der Waals surface area (Å²) in [5, 5.41) is 3.58. The highest BCUT2D eigenvalue weighted by atomic mass is 16.3. The molecule has 0 aliphatic heterocycles. The summed E-state index contributed by atoms with van der Waals surface area (Å²) in [5.41, 5.74) is 2.57. The van der Waals surface area contributed by atoms with Crippen LogP contribution in [0.1, 0.15) is 42.4 Å². The van der Waals surface area contributed by atoms with Gasteiger partial charge in [-0.1, -0.05) is 6.07 Å². The molecule has 0 fully saturated rings. The van der Waals surface area contributed by atoms with Crippen molar-refractivity contribution in [2.45, 2.75) is 31.8 Å². The Morgan fingerprint density at radius 3 is 3.18 bits per heavy atom. The van der Waals surface area contributed by atoms with Gasteiger partial charge in [-0.05, 0) is 43.5 Å². The number of hydrogen-bond donors (Lipinski definition) is 1. The van der Waals surface area contributed by atoms with Gasteiger partial charge in [-0.3, -0.25) is 10.3 Å². The summed E-state index contributed by atoms with van der Waals surface area (Å²) in [5.74, 6) is 0.981. The van der Waals surface area contributed by atoms with E-state index >= 15 is 0 Å². The van der Waals surface area contributed by atoms with Gasteiger partial charge in [0.25, 0.3) is 0 Å². The van der Waals surface area contributed by atoms with E-state index in [2.05, 4.69) is 23.3 Å². The van der Waals surface area contributed by atoms with Crippen molar-refractivity contribution in [3.8, 4) is 0 Å². The van der Waals surface area contributed by atoms with Crippen molar-refractivity contribution >= 4 is 0 Å². The summed E-state index contributed by atoms with van der Waals surface area (Å²) >= 11 is 0. The van der Waals surface area contributed by atoms with E-state index in [1.165, 1.54) is 11.3 Å². The fraction of sp³-hybridized carbons (Fsp3) is 0.357. The van der Waals surface area contributed by atoms with Crippen molar-refractivity contribution in [1.29, 1.82) is 0 Å². The fourth-order valence-corrected chi connectivity index (χ4v) is 2.50. The van der Waals surface area contributed by atoms with Crippen molar-refractivity contribution in [1.82, 2.24) is 10.3 Å². The Morgan fingerprint density at radius 1 is 1.41 bits per heavy atom. The van der Waals surface area contributed by atoms with Crippen LogP contribution < -0.4 is 5.32 Å². The molecule has 0 bridgehead atoms. The molecule has 0 amide bonds. The van der Waals surface area contributed by atoms with Crippen molar-refractivity contribution < 1.29 is 4.42 Å². The highest BCUT2D eigenvalue weighted by Crippen LogP contribution is 2.31. The van der Waals surface area contributed by atoms with E-state index in [4.69, 9.17) is 4.42 Å². The maximum atomic E-state index is 5.41. The van der Waals surface area contributed by atoms with Crippen LogP contribution in [0.3, 0.4) is 0 Å². The molecular weight excluding hydrogens is 212 g/mol. The molecule has 3 heteroatoms. The molecular formula is C14H16N2O. The minimum absolute atomic E-state index is 0.225. The Morgan fingerprint density at radius 2 is 2.35 bits per heavy atom. The van der Waals surface area contributed by atoms with Crippen LogP contribution in [0.5, 0.6) is 0 Å². The molecule has 0 radical (unpaired) electrons. The van der Waals surface area contributed by atoms with Crippen LogP contribution >= 0.6 is 0 Å². The van der Waals surface area contributed by atoms with Crippen LogP contribution in [-0.2, 0) is 6.42 Å². The van der Waals surface area contributed by atoms with E-state index < -0.39 is 0 Å². The Hall–Kier alpha value is -1.61. The number of fused-ring (bicyclic) bond motifs is 1. The van der Waals surface area contributed by atoms with Gasteiger partial charge in [0.05, 0.1) is 24.0 Å². The van der Waals surface area contributed by atoms with E-state index in [0.29, 0.717) is 6.04 Å². The minimum atomic E-state index is 0.225. The summed E-state index contributed by atoms with van der Waals surface area (Å²) in [7, 11) is 0. The summed E-state index contributed by atoms with van der Waals surface area (Å²) in [6.07, 6.45) is 5.83. The molecule has 1 aliphatic rings. The number of hydrogen-bond acceptors (Lipinski definition) is 3. The zero-order valence-corrected chi connectivity index (χ0v) is 9.89. The van der Waals surface area contributed by atoms with Crippen LogP contribution in [0.2, 0.25) is 0 Å². The lowest BCUT2D eigenvalue weighted by Crippen LogP contribution is -2.23. The Bertz CT molecular complexity index is 493. The maximum absolute atomic E-state index is 5.41. The van der Waals surface area contributed by atoms with E-state index in [9.17, 15) is 0 Å². The van der Waals surface area contributed by atoms with E-state index in [0.717, 1.165) is 18.6 Å². The molecule has 0 saturated heterocycles. The zero-order chi connectivity index (χ0) is 11.7. The molecule has 1 N–H and O–H groups in total. The predicted octanol–water partition coefficient (Wildman–Crippen LogP) is 3.01. The minimum Gasteiger partial charge on any atom is -0.468 e. The zero-order valence-electron chi connectivity index (χ0n) is 9.89. The van der Waals surface area contributed by atoms with Gasteiger partial charge in [0.15, 0.2) is 0 Å². The molecule has 88 valence electrons. The SMILES string of the molecule is C[C@@H](NC1CCc2cccnc21)c1ccco1. The van der Waals surface area contributed by atoms with Gasteiger partial charge in [-0.25, -0.2) is 0 Å². The van der Waals surface area contributed by atoms with E-state index in [1.807, 2.05) is 24.4 Å². The highest BCUT2D eigenvalue weighted by molar-refractivity contribution is 5.28. The summed E-state index contributed by atoms with van der Waals surface area (Å²) in [6, 6.07) is 8.69. The van der Waals surface area contributed by atoms with Crippen molar-refractivity contribution in [2.75, 3.05) is 0 Å². The second-order valence-electron chi connectivity index (χ2n) is 4.54. The molecule has 1 unspecified atom stereocenters. The second kappa shape index (κ2) is 4.34. The lowest BCUT2D eigenvalue weighted by atomic mass is 10.1. The Kier molecular flexibility index (Phi) is 2.69. The molecule has 0 saturated carbocycles. The topological polar surface area (TPSA) is 38.1 Å². The van der Waals surface area contributed by atoms with Crippen LogP contribution in [0, 0.1) is 0 Å². The smallest absolute Gasteiger partial charge is 0.120 e. The monoisotopic (exact) mass is 228 g/mol. The van der Waals surface area contributed by atoms with E-state index in [1.54, 1.807) is 6.26 Å². The third kappa shape index (κ3) is 1.98. The Balaban J connectivity index is 1.75. The van der Waals surface area contributed by atoms with Crippen molar-refractivity contribution in [3.05, 3.63) is 53.7 Å². The molecule has 17 heavy (non-hydrogen) atoms. The van der Waals surface area contributed by atoms with Gasteiger partial charge in [0, 0.05) is 6.20 Å². The molecule has 3 rings (SSSR count). The lowest BCUT2D eigenvalue weighted by Gasteiger charge is -2.17. The first kappa shape index (κ1) is 10.5. The molecule has 1 aliphatic carbocycles. The summed E-state index contributed by atoms with van der Waals surface area (Å²) in [4.78, 5) is 4.48. The number of rotatable bonds is 3.